The lowest BCUT2D eigenvalue weighted by atomic mass is 10.1. The number of halogens is 2. The van der Waals surface area contributed by atoms with E-state index in [1.54, 1.807) is 0 Å². The maximum atomic E-state index is 6.06. The fourth-order valence-corrected chi connectivity index (χ4v) is 3.41. The topological polar surface area (TPSA) is 51.0 Å². The molecule has 1 atom stereocenters. The molecule has 2 heterocycles. The quantitative estimate of drug-likeness (QED) is 0.787. The van der Waals surface area contributed by atoms with Crippen molar-refractivity contribution in [2.24, 2.45) is 5.73 Å². The van der Waals surface area contributed by atoms with Crippen molar-refractivity contribution >= 4 is 24.8 Å². The number of nitrogens with two attached hydrogens (primary N) is 1. The molecule has 0 spiro atoms. The molecule has 0 saturated carbocycles. The number of ether oxygens (including phenoxy) is 2. The van der Waals surface area contributed by atoms with Gasteiger partial charge in [0.15, 0.2) is 0 Å². The van der Waals surface area contributed by atoms with Gasteiger partial charge >= 0.3 is 0 Å². The van der Waals surface area contributed by atoms with E-state index in [2.05, 4.69) is 34.1 Å². The highest BCUT2D eigenvalue weighted by Gasteiger charge is 2.14. The van der Waals surface area contributed by atoms with Crippen LogP contribution in [0.5, 0.6) is 5.75 Å². The SMILES string of the molecule is Cl.Cl.NC1CCCN(Cc2ccc(OCCN3CCOCC3)cc2)CC1. The minimum atomic E-state index is 0. The summed E-state index contributed by atoms with van der Waals surface area (Å²) in [5.41, 5.74) is 7.41. The molecule has 0 aliphatic carbocycles. The lowest BCUT2D eigenvalue weighted by molar-refractivity contribution is 0.0322. The molecule has 3 rings (SSSR count). The predicted octanol–water partition coefficient (Wildman–Crippen LogP) is 2.55. The van der Waals surface area contributed by atoms with Crippen LogP contribution in [0.3, 0.4) is 0 Å². The average molecular weight is 406 g/mol. The molecule has 1 unspecified atom stereocenters. The normalized spacial score (nSPS) is 22.0. The number of rotatable bonds is 6. The molecule has 2 fully saturated rings. The Morgan fingerprint density at radius 1 is 0.962 bits per heavy atom. The first-order chi connectivity index (χ1) is 11.8. The molecule has 1 aromatic rings. The predicted molar refractivity (Wildman–Crippen MR) is 111 cm³/mol. The standard InChI is InChI=1S/C19H31N3O2.2ClH/c20-18-2-1-8-22(9-7-18)16-17-3-5-19(6-4-17)24-15-12-21-10-13-23-14-11-21;;/h3-6,18H,1-2,7-16,20H2;2*1H. The van der Waals surface area contributed by atoms with Crippen molar-refractivity contribution < 1.29 is 9.47 Å². The minimum absolute atomic E-state index is 0. The molecule has 1 aromatic carbocycles. The van der Waals surface area contributed by atoms with E-state index in [0.717, 1.165) is 77.7 Å². The Hall–Kier alpha value is -0.560. The second kappa shape index (κ2) is 12.8. The molecule has 26 heavy (non-hydrogen) atoms. The van der Waals surface area contributed by atoms with Gasteiger partial charge in [0, 0.05) is 32.2 Å². The monoisotopic (exact) mass is 405 g/mol. The fraction of sp³-hybridized carbons (Fsp3) is 0.684. The summed E-state index contributed by atoms with van der Waals surface area (Å²) in [5.74, 6) is 0.963. The van der Waals surface area contributed by atoms with Crippen molar-refractivity contribution in [3.05, 3.63) is 29.8 Å². The highest BCUT2D eigenvalue weighted by Crippen LogP contribution is 2.16. The van der Waals surface area contributed by atoms with Crippen LogP contribution in [-0.2, 0) is 11.3 Å². The summed E-state index contributed by atoms with van der Waals surface area (Å²) in [6.07, 6.45) is 3.49. The van der Waals surface area contributed by atoms with Crippen LogP contribution in [0.1, 0.15) is 24.8 Å². The van der Waals surface area contributed by atoms with Gasteiger partial charge in [0.05, 0.1) is 13.2 Å². The van der Waals surface area contributed by atoms with Crippen LogP contribution >= 0.6 is 24.8 Å². The van der Waals surface area contributed by atoms with E-state index in [1.807, 2.05) is 0 Å². The third-order valence-electron chi connectivity index (χ3n) is 4.97. The van der Waals surface area contributed by atoms with E-state index in [1.165, 1.54) is 12.0 Å². The Balaban J connectivity index is 0.00000169. The Bertz CT molecular complexity index is 484. The van der Waals surface area contributed by atoms with Gasteiger partial charge in [-0.2, -0.15) is 0 Å². The van der Waals surface area contributed by atoms with Crippen LogP contribution in [0.2, 0.25) is 0 Å². The Morgan fingerprint density at radius 2 is 1.69 bits per heavy atom. The van der Waals surface area contributed by atoms with Gasteiger partial charge in [0.2, 0.25) is 0 Å². The lowest BCUT2D eigenvalue weighted by Crippen LogP contribution is -2.38. The third kappa shape index (κ3) is 7.99. The fourth-order valence-electron chi connectivity index (χ4n) is 3.41. The lowest BCUT2D eigenvalue weighted by Gasteiger charge is -2.26. The highest BCUT2D eigenvalue weighted by molar-refractivity contribution is 5.85. The molecule has 2 aliphatic heterocycles. The summed E-state index contributed by atoms with van der Waals surface area (Å²) in [4.78, 5) is 4.91. The second-order valence-corrected chi connectivity index (χ2v) is 6.91. The van der Waals surface area contributed by atoms with Gasteiger partial charge in [-0.05, 0) is 50.0 Å². The largest absolute Gasteiger partial charge is 0.492 e. The molecule has 0 aromatic heterocycles. The molecule has 7 heteroatoms. The van der Waals surface area contributed by atoms with Crippen molar-refractivity contribution in [3.63, 3.8) is 0 Å². The number of morpholine rings is 1. The summed E-state index contributed by atoms with van der Waals surface area (Å²) >= 11 is 0. The molecule has 0 radical (unpaired) electrons. The van der Waals surface area contributed by atoms with Gasteiger partial charge < -0.3 is 15.2 Å². The van der Waals surface area contributed by atoms with Gasteiger partial charge in [0.1, 0.15) is 12.4 Å². The number of nitrogens with zero attached hydrogens (tertiary/aromatic N) is 2. The zero-order valence-electron chi connectivity index (χ0n) is 15.5. The van der Waals surface area contributed by atoms with E-state index in [9.17, 15) is 0 Å². The summed E-state index contributed by atoms with van der Waals surface area (Å²) in [7, 11) is 0. The summed E-state index contributed by atoms with van der Waals surface area (Å²) < 4.78 is 11.2. The zero-order chi connectivity index (χ0) is 16.6. The van der Waals surface area contributed by atoms with Crippen LogP contribution in [0, 0.1) is 0 Å². The molecule has 150 valence electrons. The zero-order valence-corrected chi connectivity index (χ0v) is 17.1. The van der Waals surface area contributed by atoms with Crippen LogP contribution in [-0.4, -0.2) is 68.4 Å². The van der Waals surface area contributed by atoms with Gasteiger partial charge in [-0.1, -0.05) is 12.1 Å². The van der Waals surface area contributed by atoms with Crippen molar-refractivity contribution in [1.82, 2.24) is 9.80 Å². The van der Waals surface area contributed by atoms with Gasteiger partial charge in [0.25, 0.3) is 0 Å². The average Bonchev–Trinajstić information content (AvgIpc) is 2.82. The first-order valence-corrected chi connectivity index (χ1v) is 9.29. The second-order valence-electron chi connectivity index (χ2n) is 6.91. The molecule has 2 aliphatic rings. The molecule has 2 saturated heterocycles. The van der Waals surface area contributed by atoms with Crippen molar-refractivity contribution in [1.29, 1.82) is 0 Å². The van der Waals surface area contributed by atoms with E-state index < -0.39 is 0 Å². The van der Waals surface area contributed by atoms with Gasteiger partial charge in [-0.25, -0.2) is 0 Å². The summed E-state index contributed by atoms with van der Waals surface area (Å²) in [6, 6.07) is 8.96. The van der Waals surface area contributed by atoms with Crippen LogP contribution in [0.15, 0.2) is 24.3 Å². The van der Waals surface area contributed by atoms with Crippen LogP contribution in [0.25, 0.3) is 0 Å². The highest BCUT2D eigenvalue weighted by atomic mass is 35.5. The molecule has 2 N–H and O–H groups in total. The van der Waals surface area contributed by atoms with Crippen molar-refractivity contribution in [2.45, 2.75) is 31.8 Å². The van der Waals surface area contributed by atoms with Crippen LogP contribution < -0.4 is 10.5 Å². The Labute approximate surface area is 170 Å². The van der Waals surface area contributed by atoms with Gasteiger partial charge in [-0.3, -0.25) is 9.80 Å². The Kier molecular flexibility index (Phi) is 11.5. The first-order valence-electron chi connectivity index (χ1n) is 9.29. The molecule has 0 amide bonds. The molecular formula is C19H33Cl2N3O2. The first kappa shape index (κ1) is 23.5. The number of hydrogen-bond donors (Lipinski definition) is 1. The summed E-state index contributed by atoms with van der Waals surface area (Å²) in [5, 5.41) is 0. The molecule has 0 bridgehead atoms. The summed E-state index contributed by atoms with van der Waals surface area (Å²) in [6.45, 7) is 8.71. The van der Waals surface area contributed by atoms with E-state index in [-0.39, 0.29) is 24.8 Å². The maximum absolute atomic E-state index is 6.06. The van der Waals surface area contributed by atoms with Crippen LogP contribution in [0.4, 0.5) is 0 Å². The number of benzene rings is 1. The van der Waals surface area contributed by atoms with Crippen molar-refractivity contribution in [3.8, 4) is 5.75 Å². The van der Waals surface area contributed by atoms with Crippen molar-refractivity contribution in [2.75, 3.05) is 52.5 Å². The van der Waals surface area contributed by atoms with E-state index in [4.69, 9.17) is 15.2 Å². The smallest absolute Gasteiger partial charge is 0.119 e. The van der Waals surface area contributed by atoms with Gasteiger partial charge in [-0.15, -0.1) is 24.8 Å². The molecule has 5 nitrogen and oxygen atoms in total. The number of likely N-dealkylation sites (tertiary alicyclic amines) is 1. The maximum Gasteiger partial charge on any atom is 0.119 e. The third-order valence-corrected chi connectivity index (χ3v) is 4.97. The number of hydrogen-bond acceptors (Lipinski definition) is 5. The van der Waals surface area contributed by atoms with E-state index >= 15 is 0 Å². The molecular weight excluding hydrogens is 373 g/mol. The minimum Gasteiger partial charge on any atom is -0.492 e. The Morgan fingerprint density at radius 3 is 2.42 bits per heavy atom. The van der Waals surface area contributed by atoms with E-state index in [0.29, 0.717) is 6.04 Å².